The molecule has 0 saturated heterocycles. The Balaban J connectivity index is 2.58. The molecular formula is C5H6Cl2N4. The van der Waals surface area contributed by atoms with Gasteiger partial charge in [0.25, 0.3) is 0 Å². The molecule has 0 aliphatic rings. The van der Waals surface area contributed by atoms with E-state index in [9.17, 15) is 0 Å². The van der Waals surface area contributed by atoms with Gasteiger partial charge in [-0.1, -0.05) is 28.4 Å². The Kier molecular flexibility index (Phi) is 2.73. The average molecular weight is 193 g/mol. The molecule has 60 valence electrons. The number of nitrogens with two attached hydrogens (primary N) is 1. The lowest BCUT2D eigenvalue weighted by Gasteiger charge is -1.90. The third kappa shape index (κ3) is 2.78. The van der Waals surface area contributed by atoms with Crippen molar-refractivity contribution in [1.82, 2.24) is 15.0 Å². The van der Waals surface area contributed by atoms with E-state index in [1.165, 1.54) is 4.68 Å². The normalized spacial score (nSPS) is 9.64. The summed E-state index contributed by atoms with van der Waals surface area (Å²) < 4.78 is 1.74. The van der Waals surface area contributed by atoms with Crippen LogP contribution in [0.4, 0.5) is 5.82 Å². The zero-order chi connectivity index (χ0) is 8.27. The fourth-order valence-corrected chi connectivity index (χ4v) is 0.703. The van der Waals surface area contributed by atoms with Crippen LogP contribution >= 0.6 is 23.2 Å². The highest BCUT2D eigenvalue weighted by atomic mass is 35.5. The molecule has 4 nitrogen and oxygen atoms in total. The van der Waals surface area contributed by atoms with Gasteiger partial charge in [-0.3, -0.25) is 0 Å². The van der Waals surface area contributed by atoms with E-state index in [0.29, 0.717) is 12.4 Å². The van der Waals surface area contributed by atoms with Crippen LogP contribution < -0.4 is 5.73 Å². The van der Waals surface area contributed by atoms with Gasteiger partial charge in [-0.05, 0) is 6.08 Å². The second-order valence-electron chi connectivity index (χ2n) is 1.86. The van der Waals surface area contributed by atoms with Crippen LogP contribution in [0.15, 0.2) is 16.8 Å². The summed E-state index contributed by atoms with van der Waals surface area (Å²) in [6.07, 6.45) is 3.18. The second-order valence-corrected chi connectivity index (χ2v) is 2.87. The largest absolute Gasteiger partial charge is 0.381 e. The Morgan fingerprint density at radius 2 is 2.45 bits per heavy atom. The fraction of sp³-hybridized carbons (Fsp3) is 0.200. The molecule has 0 spiro atoms. The van der Waals surface area contributed by atoms with Gasteiger partial charge >= 0.3 is 0 Å². The first-order valence-corrected chi connectivity index (χ1v) is 3.61. The van der Waals surface area contributed by atoms with E-state index in [4.69, 9.17) is 28.9 Å². The van der Waals surface area contributed by atoms with Crippen molar-refractivity contribution < 1.29 is 0 Å². The van der Waals surface area contributed by atoms with Gasteiger partial charge in [0, 0.05) is 0 Å². The van der Waals surface area contributed by atoms with Crippen molar-refractivity contribution in [1.29, 1.82) is 0 Å². The number of hydrogen-bond acceptors (Lipinski definition) is 3. The van der Waals surface area contributed by atoms with Gasteiger partial charge in [0.2, 0.25) is 0 Å². The van der Waals surface area contributed by atoms with E-state index >= 15 is 0 Å². The maximum absolute atomic E-state index is 5.37. The molecule has 1 aromatic rings. The lowest BCUT2D eigenvalue weighted by atomic mass is 10.6. The topological polar surface area (TPSA) is 56.7 Å². The summed E-state index contributed by atoms with van der Waals surface area (Å²) in [5.74, 6) is 0.379. The van der Waals surface area contributed by atoms with Crippen molar-refractivity contribution in [3.05, 3.63) is 16.8 Å². The molecule has 0 unspecified atom stereocenters. The Morgan fingerprint density at radius 1 is 1.73 bits per heavy atom. The third-order valence-corrected chi connectivity index (χ3v) is 1.30. The van der Waals surface area contributed by atoms with Crippen molar-refractivity contribution >= 4 is 29.0 Å². The standard InChI is InChI=1S/C5H6Cl2N4/c6-4(7)1-2-11-3-5(8)9-10-11/h1,3H,2,8H2. The molecule has 0 aromatic carbocycles. The van der Waals surface area contributed by atoms with Crippen LogP contribution in [0.25, 0.3) is 0 Å². The molecular weight excluding hydrogens is 187 g/mol. The lowest BCUT2D eigenvalue weighted by Crippen LogP contribution is -1.95. The summed E-state index contributed by atoms with van der Waals surface area (Å²) in [6, 6.07) is 0. The van der Waals surface area contributed by atoms with Crippen LogP contribution in [0.2, 0.25) is 0 Å². The van der Waals surface area contributed by atoms with Crippen LogP contribution in [-0.2, 0) is 6.54 Å². The Labute approximate surface area is 73.6 Å². The molecule has 2 N–H and O–H groups in total. The molecule has 0 aliphatic heterocycles. The maximum atomic E-state index is 5.37. The summed E-state index contributed by atoms with van der Waals surface area (Å²) in [6.45, 7) is 0.479. The Hall–Kier alpha value is -0.740. The van der Waals surface area contributed by atoms with E-state index in [-0.39, 0.29) is 4.49 Å². The van der Waals surface area contributed by atoms with Crippen molar-refractivity contribution in [2.75, 3.05) is 5.73 Å². The van der Waals surface area contributed by atoms with Gasteiger partial charge in [0.15, 0.2) is 5.82 Å². The Bertz CT molecular complexity index is 263. The van der Waals surface area contributed by atoms with E-state index < -0.39 is 0 Å². The van der Waals surface area contributed by atoms with Crippen LogP contribution in [0, 0.1) is 0 Å². The molecule has 0 atom stereocenters. The second kappa shape index (κ2) is 3.59. The SMILES string of the molecule is Nc1cn(CC=C(Cl)Cl)nn1. The summed E-state index contributed by atoms with van der Waals surface area (Å²) in [5.41, 5.74) is 5.30. The fourth-order valence-electron chi connectivity index (χ4n) is 0.565. The van der Waals surface area contributed by atoms with Crippen molar-refractivity contribution in [2.45, 2.75) is 6.54 Å². The van der Waals surface area contributed by atoms with Gasteiger partial charge < -0.3 is 5.73 Å². The van der Waals surface area contributed by atoms with Crippen molar-refractivity contribution in [3.63, 3.8) is 0 Å². The van der Waals surface area contributed by atoms with Gasteiger partial charge in [-0.2, -0.15) is 0 Å². The zero-order valence-electron chi connectivity index (χ0n) is 5.54. The van der Waals surface area contributed by atoms with Crippen molar-refractivity contribution in [2.24, 2.45) is 0 Å². The highest BCUT2D eigenvalue weighted by Crippen LogP contribution is 2.06. The third-order valence-electron chi connectivity index (χ3n) is 0.989. The molecule has 6 heteroatoms. The minimum Gasteiger partial charge on any atom is -0.381 e. The number of rotatable bonds is 2. The number of allylic oxidation sites excluding steroid dienone is 1. The predicted octanol–water partition coefficient (Wildman–Crippen LogP) is 1.18. The van der Waals surface area contributed by atoms with E-state index in [0.717, 1.165) is 0 Å². The van der Waals surface area contributed by atoms with Gasteiger partial charge in [-0.15, -0.1) is 5.10 Å². The van der Waals surface area contributed by atoms with E-state index in [1.54, 1.807) is 12.3 Å². The highest BCUT2D eigenvalue weighted by molar-refractivity contribution is 6.55. The molecule has 0 fully saturated rings. The number of nitrogens with zero attached hydrogens (tertiary/aromatic N) is 3. The minimum atomic E-state index is 0.207. The molecule has 0 amide bonds. The van der Waals surface area contributed by atoms with E-state index in [2.05, 4.69) is 10.3 Å². The molecule has 0 aliphatic carbocycles. The molecule has 0 radical (unpaired) electrons. The Morgan fingerprint density at radius 3 is 2.91 bits per heavy atom. The first-order chi connectivity index (χ1) is 5.18. The summed E-state index contributed by atoms with van der Waals surface area (Å²) in [4.78, 5) is 0. The number of hydrogen-bond donors (Lipinski definition) is 1. The lowest BCUT2D eigenvalue weighted by molar-refractivity contribution is 0.662. The maximum Gasteiger partial charge on any atom is 0.165 e. The molecule has 0 bridgehead atoms. The van der Waals surface area contributed by atoms with Crippen LogP contribution in [-0.4, -0.2) is 15.0 Å². The zero-order valence-corrected chi connectivity index (χ0v) is 7.05. The molecule has 0 saturated carbocycles. The van der Waals surface area contributed by atoms with Crippen molar-refractivity contribution in [3.8, 4) is 0 Å². The van der Waals surface area contributed by atoms with Crippen LogP contribution in [0.3, 0.4) is 0 Å². The quantitative estimate of drug-likeness (QED) is 0.767. The highest BCUT2D eigenvalue weighted by Gasteiger charge is 1.92. The smallest absolute Gasteiger partial charge is 0.165 e. The van der Waals surface area contributed by atoms with Gasteiger partial charge in [-0.25, -0.2) is 4.68 Å². The number of nitrogen functional groups attached to an aromatic ring is 1. The predicted molar refractivity (Wildman–Crippen MR) is 44.2 cm³/mol. The molecule has 1 aromatic heterocycles. The van der Waals surface area contributed by atoms with E-state index in [1.807, 2.05) is 0 Å². The van der Waals surface area contributed by atoms with Crippen LogP contribution in [0.5, 0.6) is 0 Å². The number of aromatic nitrogens is 3. The summed E-state index contributed by atoms with van der Waals surface area (Å²) in [7, 11) is 0. The minimum absolute atomic E-state index is 0.207. The monoisotopic (exact) mass is 192 g/mol. The molecule has 1 heterocycles. The van der Waals surface area contributed by atoms with Gasteiger partial charge in [0.05, 0.1) is 12.7 Å². The summed E-state index contributed by atoms with van der Waals surface area (Å²) in [5, 5.41) is 7.24. The number of halogens is 2. The van der Waals surface area contributed by atoms with Gasteiger partial charge in [0.1, 0.15) is 4.49 Å². The molecule has 11 heavy (non-hydrogen) atoms. The first-order valence-electron chi connectivity index (χ1n) is 2.85. The van der Waals surface area contributed by atoms with Crippen LogP contribution in [0.1, 0.15) is 0 Å². The summed E-state index contributed by atoms with van der Waals surface area (Å²) >= 11 is 10.7. The average Bonchev–Trinajstić information content (AvgIpc) is 2.31. The first kappa shape index (κ1) is 8.36. The molecule has 1 rings (SSSR count). The number of anilines is 1.